The minimum Gasteiger partial charge on any atom is -0.487 e. The van der Waals surface area contributed by atoms with Crippen LogP contribution in [0.5, 0.6) is 5.75 Å². The average Bonchev–Trinajstić information content (AvgIpc) is 2.58. The van der Waals surface area contributed by atoms with Gasteiger partial charge in [-0.2, -0.15) is 13.2 Å². The first-order chi connectivity index (χ1) is 11.9. The molecule has 132 valence electrons. The van der Waals surface area contributed by atoms with E-state index in [1.54, 1.807) is 24.3 Å². The Balaban J connectivity index is 2.21. The molecular weight excluding hydrogens is 357 g/mol. The van der Waals surface area contributed by atoms with Crippen molar-refractivity contribution in [3.8, 4) is 5.75 Å². The van der Waals surface area contributed by atoms with Crippen LogP contribution in [0.4, 0.5) is 13.2 Å². The van der Waals surface area contributed by atoms with Gasteiger partial charge in [0.1, 0.15) is 18.3 Å². The Kier molecular flexibility index (Phi) is 6.26. The van der Waals surface area contributed by atoms with Crippen molar-refractivity contribution in [2.75, 3.05) is 13.7 Å². The first-order valence-electron chi connectivity index (χ1n) is 7.17. The minimum absolute atomic E-state index is 0.0240. The van der Waals surface area contributed by atoms with E-state index < -0.39 is 11.7 Å². The molecule has 0 fully saturated rings. The van der Waals surface area contributed by atoms with E-state index in [2.05, 4.69) is 0 Å². The molecule has 0 atom stereocenters. The highest BCUT2D eigenvalue weighted by Gasteiger charge is 2.31. The third-order valence-corrected chi connectivity index (χ3v) is 3.69. The Hall–Kier alpha value is -2.27. The number of benzene rings is 2. The second kappa shape index (κ2) is 8.21. The Morgan fingerprint density at radius 3 is 2.52 bits per heavy atom. The van der Waals surface area contributed by atoms with E-state index in [4.69, 9.17) is 21.1 Å². The van der Waals surface area contributed by atoms with Crippen LogP contribution in [0.15, 0.2) is 42.5 Å². The number of hydrogen-bond acceptors (Lipinski definition) is 3. The van der Waals surface area contributed by atoms with Crippen molar-refractivity contribution >= 4 is 23.1 Å². The molecule has 0 aliphatic rings. The van der Waals surface area contributed by atoms with E-state index in [1.165, 1.54) is 13.2 Å². The predicted molar refractivity (Wildman–Crippen MR) is 88.2 cm³/mol. The standard InChI is InChI=1S/C18H14ClF3O3/c1-24-10-13(9-23)15-5-3-2-4-12(15)11-25-17-7-6-14(8-16(17)19)18(20,21)22/h2-8H,10-11H2,1H3. The average molecular weight is 371 g/mol. The highest BCUT2D eigenvalue weighted by molar-refractivity contribution is 6.32. The van der Waals surface area contributed by atoms with Crippen molar-refractivity contribution in [2.24, 2.45) is 0 Å². The van der Waals surface area contributed by atoms with Crippen molar-refractivity contribution in [3.05, 3.63) is 64.2 Å². The van der Waals surface area contributed by atoms with Gasteiger partial charge in [-0.05, 0) is 29.3 Å². The lowest BCUT2D eigenvalue weighted by Crippen LogP contribution is -2.06. The molecule has 0 unspecified atom stereocenters. The number of rotatable bonds is 6. The molecule has 2 aromatic carbocycles. The molecule has 0 heterocycles. The van der Waals surface area contributed by atoms with Crippen LogP contribution in [0.25, 0.3) is 5.57 Å². The summed E-state index contributed by atoms with van der Waals surface area (Å²) in [7, 11) is 1.46. The van der Waals surface area contributed by atoms with E-state index in [-0.39, 0.29) is 24.0 Å². The molecule has 2 rings (SSSR count). The SMILES string of the molecule is COCC(=C=O)c1ccccc1COc1ccc(C(F)(F)F)cc1Cl. The number of carbonyl (C=O) groups excluding carboxylic acids is 1. The van der Waals surface area contributed by atoms with Crippen LogP contribution in [0, 0.1) is 0 Å². The van der Waals surface area contributed by atoms with Crippen LogP contribution in [-0.2, 0) is 22.3 Å². The molecule has 0 N–H and O–H groups in total. The van der Waals surface area contributed by atoms with Crippen molar-refractivity contribution in [2.45, 2.75) is 12.8 Å². The summed E-state index contributed by atoms with van der Waals surface area (Å²) in [6.07, 6.45) is -4.47. The second-order valence-electron chi connectivity index (χ2n) is 5.10. The first kappa shape index (κ1) is 19.1. The molecule has 0 aliphatic heterocycles. The molecule has 0 aliphatic carbocycles. The van der Waals surface area contributed by atoms with E-state index in [0.29, 0.717) is 16.7 Å². The molecule has 0 radical (unpaired) electrons. The van der Waals surface area contributed by atoms with Gasteiger partial charge in [0.2, 0.25) is 0 Å². The molecule has 25 heavy (non-hydrogen) atoms. The lowest BCUT2D eigenvalue weighted by atomic mass is 10.0. The third kappa shape index (κ3) is 4.86. The first-order valence-corrected chi connectivity index (χ1v) is 7.55. The fraction of sp³-hybridized carbons (Fsp3) is 0.222. The summed E-state index contributed by atoms with van der Waals surface area (Å²) in [6, 6.07) is 9.83. The van der Waals surface area contributed by atoms with E-state index in [9.17, 15) is 18.0 Å². The topological polar surface area (TPSA) is 35.5 Å². The summed E-state index contributed by atoms with van der Waals surface area (Å²) < 4.78 is 48.4. The summed E-state index contributed by atoms with van der Waals surface area (Å²) in [4.78, 5) is 11.1. The van der Waals surface area contributed by atoms with Crippen molar-refractivity contribution in [1.82, 2.24) is 0 Å². The zero-order valence-corrected chi connectivity index (χ0v) is 13.9. The highest BCUT2D eigenvalue weighted by Crippen LogP contribution is 2.35. The molecule has 0 amide bonds. The summed E-state index contributed by atoms with van der Waals surface area (Å²) >= 11 is 5.87. The maximum atomic E-state index is 12.7. The Morgan fingerprint density at radius 1 is 1.20 bits per heavy atom. The normalized spacial score (nSPS) is 11.1. The highest BCUT2D eigenvalue weighted by atomic mass is 35.5. The van der Waals surface area contributed by atoms with Gasteiger partial charge < -0.3 is 9.47 Å². The molecular formula is C18H14ClF3O3. The monoisotopic (exact) mass is 370 g/mol. The molecule has 0 saturated heterocycles. The van der Waals surface area contributed by atoms with Crippen molar-refractivity contribution in [3.63, 3.8) is 0 Å². The van der Waals surface area contributed by atoms with Crippen molar-refractivity contribution < 1.29 is 27.4 Å². The van der Waals surface area contributed by atoms with Crippen LogP contribution in [0.1, 0.15) is 16.7 Å². The second-order valence-corrected chi connectivity index (χ2v) is 5.51. The maximum absolute atomic E-state index is 12.7. The Labute approximate surface area is 147 Å². The quantitative estimate of drug-likeness (QED) is 0.685. The number of methoxy groups -OCH3 is 1. The lowest BCUT2D eigenvalue weighted by Gasteiger charge is -2.13. The molecule has 0 aromatic heterocycles. The number of ether oxygens (including phenoxy) is 2. The van der Waals surface area contributed by atoms with Gasteiger partial charge >= 0.3 is 6.18 Å². The van der Waals surface area contributed by atoms with Gasteiger partial charge in [0.05, 0.1) is 22.8 Å². The summed E-state index contributed by atoms with van der Waals surface area (Å²) in [5.41, 5.74) is 0.730. The van der Waals surface area contributed by atoms with Gasteiger partial charge in [0.15, 0.2) is 0 Å². The van der Waals surface area contributed by atoms with Gasteiger partial charge in [-0.3, -0.25) is 0 Å². The number of halogens is 4. The van der Waals surface area contributed by atoms with Gasteiger partial charge in [0.25, 0.3) is 0 Å². The van der Waals surface area contributed by atoms with Crippen LogP contribution >= 0.6 is 11.6 Å². The van der Waals surface area contributed by atoms with Crippen molar-refractivity contribution in [1.29, 1.82) is 0 Å². The lowest BCUT2D eigenvalue weighted by molar-refractivity contribution is -0.137. The molecule has 3 nitrogen and oxygen atoms in total. The zero-order valence-electron chi connectivity index (χ0n) is 13.2. The predicted octanol–water partition coefficient (Wildman–Crippen LogP) is 4.80. The molecule has 0 bridgehead atoms. The van der Waals surface area contributed by atoms with E-state index in [0.717, 1.165) is 12.1 Å². The Bertz CT molecular complexity index is 796. The van der Waals surface area contributed by atoms with Gasteiger partial charge in [-0.25, -0.2) is 4.79 Å². The third-order valence-electron chi connectivity index (χ3n) is 3.40. The minimum atomic E-state index is -4.47. The van der Waals surface area contributed by atoms with Crippen LogP contribution in [-0.4, -0.2) is 19.7 Å². The maximum Gasteiger partial charge on any atom is 0.416 e. The summed E-state index contributed by atoms with van der Waals surface area (Å²) in [5, 5.41) is -0.143. The van der Waals surface area contributed by atoms with E-state index in [1.807, 2.05) is 5.94 Å². The fourth-order valence-electron chi connectivity index (χ4n) is 2.20. The number of alkyl halides is 3. The van der Waals surface area contributed by atoms with Crippen LogP contribution in [0.3, 0.4) is 0 Å². The molecule has 7 heteroatoms. The van der Waals surface area contributed by atoms with Gasteiger partial charge in [-0.15, -0.1) is 0 Å². The smallest absolute Gasteiger partial charge is 0.416 e. The van der Waals surface area contributed by atoms with Crippen LogP contribution < -0.4 is 4.74 Å². The Morgan fingerprint density at radius 2 is 1.92 bits per heavy atom. The molecule has 0 spiro atoms. The fourth-order valence-corrected chi connectivity index (χ4v) is 2.43. The summed E-state index contributed by atoms with van der Waals surface area (Å²) in [6.45, 7) is 0.109. The molecule has 2 aromatic rings. The van der Waals surface area contributed by atoms with Gasteiger partial charge in [0, 0.05) is 7.11 Å². The van der Waals surface area contributed by atoms with E-state index >= 15 is 0 Å². The number of hydrogen-bond donors (Lipinski definition) is 0. The molecule has 0 saturated carbocycles. The van der Waals surface area contributed by atoms with Gasteiger partial charge in [-0.1, -0.05) is 35.9 Å². The zero-order chi connectivity index (χ0) is 18.4. The summed E-state index contributed by atoms with van der Waals surface area (Å²) in [5.74, 6) is 1.95. The largest absolute Gasteiger partial charge is 0.487 e. The van der Waals surface area contributed by atoms with Crippen LogP contribution in [0.2, 0.25) is 5.02 Å².